The largest absolute Gasteiger partial charge is 0.485 e. The monoisotopic (exact) mass is 523 g/mol. The van der Waals surface area contributed by atoms with Crippen molar-refractivity contribution in [2.75, 3.05) is 39.4 Å². The van der Waals surface area contributed by atoms with Crippen LogP contribution < -0.4 is 4.74 Å². The molecule has 1 aromatic rings. The SMILES string of the molecule is CCCCCCCCCOCOC1CCC[SiH](CCCSC(=O)COc2ccccc2)N(C)CC1. The lowest BCUT2D eigenvalue weighted by molar-refractivity contribution is -0.112. The number of hydrogen-bond acceptors (Lipinski definition) is 6. The molecule has 0 aliphatic carbocycles. The third-order valence-electron chi connectivity index (χ3n) is 6.81. The Balaban J connectivity index is 1.47. The molecule has 5 nitrogen and oxygen atoms in total. The fourth-order valence-electron chi connectivity index (χ4n) is 4.58. The molecule has 7 heteroatoms. The predicted molar refractivity (Wildman–Crippen MR) is 151 cm³/mol. The maximum absolute atomic E-state index is 12.1. The van der Waals surface area contributed by atoms with Gasteiger partial charge in [-0.3, -0.25) is 4.79 Å². The van der Waals surface area contributed by atoms with E-state index in [4.69, 9.17) is 14.2 Å². The quantitative estimate of drug-likeness (QED) is 0.122. The summed E-state index contributed by atoms with van der Waals surface area (Å²) in [6, 6.07) is 12.2. The number of unbranched alkanes of at least 4 members (excludes halogenated alkanes) is 6. The second kappa shape index (κ2) is 20.2. The van der Waals surface area contributed by atoms with Gasteiger partial charge < -0.3 is 18.8 Å². The van der Waals surface area contributed by atoms with E-state index in [1.807, 2.05) is 30.3 Å². The van der Waals surface area contributed by atoms with E-state index in [0.29, 0.717) is 12.9 Å². The predicted octanol–water partition coefficient (Wildman–Crippen LogP) is 6.66. The number of rotatable bonds is 18. The zero-order chi connectivity index (χ0) is 25.0. The molecular formula is C28H49NO4SSi. The van der Waals surface area contributed by atoms with Gasteiger partial charge in [-0.25, -0.2) is 0 Å². The highest BCUT2D eigenvalue weighted by Gasteiger charge is 2.22. The summed E-state index contributed by atoms with van der Waals surface area (Å²) in [5.41, 5.74) is 0. The van der Waals surface area contributed by atoms with Crippen LogP contribution in [-0.2, 0) is 14.3 Å². The van der Waals surface area contributed by atoms with Crippen molar-refractivity contribution >= 4 is 25.8 Å². The van der Waals surface area contributed by atoms with Crippen LogP contribution in [0.4, 0.5) is 0 Å². The number of carbonyl (C=O) groups excluding carboxylic acids is 1. The lowest BCUT2D eigenvalue weighted by Crippen LogP contribution is -2.40. The normalized spacial score (nSPS) is 19.3. The van der Waals surface area contributed by atoms with Crippen LogP contribution in [0.2, 0.25) is 12.1 Å². The highest BCUT2D eigenvalue weighted by Crippen LogP contribution is 2.21. The van der Waals surface area contributed by atoms with Crippen LogP contribution in [0.5, 0.6) is 5.75 Å². The molecule has 1 aliphatic heterocycles. The van der Waals surface area contributed by atoms with E-state index in [1.165, 1.54) is 68.8 Å². The fourth-order valence-corrected chi connectivity index (χ4v) is 8.62. The summed E-state index contributed by atoms with van der Waals surface area (Å²) in [4.78, 5) is 12.1. The molecule has 0 saturated carbocycles. The molecule has 1 saturated heterocycles. The molecule has 0 N–H and O–H groups in total. The lowest BCUT2D eigenvalue weighted by atomic mass is 10.1. The highest BCUT2D eigenvalue weighted by molar-refractivity contribution is 8.13. The Hall–Kier alpha value is -0.863. The Labute approximate surface area is 220 Å². The van der Waals surface area contributed by atoms with Gasteiger partial charge in [0.25, 0.3) is 0 Å². The summed E-state index contributed by atoms with van der Waals surface area (Å²) in [6.45, 7) is 4.81. The van der Waals surface area contributed by atoms with E-state index in [-0.39, 0.29) is 11.7 Å². The molecule has 1 aromatic carbocycles. The third kappa shape index (κ3) is 15.1. The Kier molecular flexibility index (Phi) is 17.5. The van der Waals surface area contributed by atoms with Crippen molar-refractivity contribution in [3.63, 3.8) is 0 Å². The van der Waals surface area contributed by atoms with Crippen LogP contribution in [-0.4, -0.2) is 64.1 Å². The van der Waals surface area contributed by atoms with Crippen LogP contribution in [0.1, 0.15) is 77.6 Å². The van der Waals surface area contributed by atoms with Crippen LogP contribution in [0, 0.1) is 0 Å². The molecule has 0 aromatic heterocycles. The van der Waals surface area contributed by atoms with Crippen LogP contribution in [0.3, 0.4) is 0 Å². The van der Waals surface area contributed by atoms with Crippen LogP contribution in [0.25, 0.3) is 0 Å². The van der Waals surface area contributed by atoms with Gasteiger partial charge in [-0.05, 0) is 63.5 Å². The zero-order valence-corrected chi connectivity index (χ0v) is 24.2. The first kappa shape index (κ1) is 30.4. The number of hydrogen-bond donors (Lipinski definition) is 0. The van der Waals surface area contributed by atoms with Gasteiger partial charge in [0.2, 0.25) is 5.12 Å². The Morgan fingerprint density at radius 2 is 1.83 bits per heavy atom. The zero-order valence-electron chi connectivity index (χ0n) is 22.3. The first-order valence-corrected chi connectivity index (χ1v) is 17.1. The van der Waals surface area contributed by atoms with Gasteiger partial charge in [-0.2, -0.15) is 0 Å². The average Bonchev–Trinajstić information content (AvgIpc) is 2.87. The van der Waals surface area contributed by atoms with Gasteiger partial charge in [-0.1, -0.05) is 81.8 Å². The van der Waals surface area contributed by atoms with Crippen molar-refractivity contribution in [2.45, 2.75) is 95.7 Å². The number of carbonyl (C=O) groups is 1. The van der Waals surface area contributed by atoms with Crippen LogP contribution in [0.15, 0.2) is 30.3 Å². The van der Waals surface area contributed by atoms with Gasteiger partial charge in [0.05, 0.1) is 6.10 Å². The minimum Gasteiger partial charge on any atom is -0.485 e. The second-order valence-corrected chi connectivity index (χ2v) is 14.3. The molecular weight excluding hydrogens is 474 g/mol. The van der Waals surface area contributed by atoms with Gasteiger partial charge in [0.1, 0.15) is 21.5 Å². The third-order valence-corrected chi connectivity index (χ3v) is 11.4. The topological polar surface area (TPSA) is 48.0 Å². The first-order valence-electron chi connectivity index (χ1n) is 13.9. The average molecular weight is 524 g/mol. The Morgan fingerprint density at radius 1 is 1.06 bits per heavy atom. The van der Waals surface area contributed by atoms with E-state index < -0.39 is 8.96 Å². The van der Waals surface area contributed by atoms with E-state index >= 15 is 0 Å². The summed E-state index contributed by atoms with van der Waals surface area (Å²) in [5, 5.41) is 0.121. The summed E-state index contributed by atoms with van der Waals surface area (Å²) < 4.78 is 20.0. The molecule has 2 unspecified atom stereocenters. The molecule has 2 atom stereocenters. The molecule has 1 heterocycles. The number of benzene rings is 1. The first-order chi connectivity index (χ1) is 17.2. The highest BCUT2D eigenvalue weighted by atomic mass is 32.2. The number of ether oxygens (including phenoxy) is 3. The summed E-state index contributed by atoms with van der Waals surface area (Å²) in [6.07, 6.45) is 14.2. The van der Waals surface area contributed by atoms with Crippen molar-refractivity contribution in [1.29, 1.82) is 0 Å². The van der Waals surface area contributed by atoms with Gasteiger partial charge >= 0.3 is 0 Å². The molecule has 2 rings (SSSR count). The smallest absolute Gasteiger partial charge is 0.226 e. The molecule has 1 fully saturated rings. The minimum atomic E-state index is -0.917. The van der Waals surface area contributed by atoms with Crippen molar-refractivity contribution in [1.82, 2.24) is 4.57 Å². The molecule has 35 heavy (non-hydrogen) atoms. The van der Waals surface area contributed by atoms with Gasteiger partial charge in [0.15, 0.2) is 6.61 Å². The molecule has 0 spiro atoms. The lowest BCUT2D eigenvalue weighted by Gasteiger charge is -2.32. The molecule has 1 aliphatic rings. The Bertz CT molecular complexity index is 651. The van der Waals surface area contributed by atoms with E-state index in [2.05, 4.69) is 18.5 Å². The molecule has 0 bridgehead atoms. The maximum Gasteiger partial charge on any atom is 0.226 e. The van der Waals surface area contributed by atoms with Crippen molar-refractivity contribution in [3.8, 4) is 5.75 Å². The fraction of sp³-hybridized carbons (Fsp3) is 0.750. The van der Waals surface area contributed by atoms with Crippen molar-refractivity contribution in [2.24, 2.45) is 0 Å². The molecule has 0 amide bonds. The summed E-state index contributed by atoms with van der Waals surface area (Å²) in [5.74, 6) is 1.66. The number of nitrogens with zero attached hydrogens (tertiary/aromatic N) is 1. The van der Waals surface area contributed by atoms with E-state index in [0.717, 1.165) is 50.3 Å². The van der Waals surface area contributed by atoms with Gasteiger partial charge in [-0.15, -0.1) is 0 Å². The summed E-state index contributed by atoms with van der Waals surface area (Å²) in [7, 11) is 1.38. The maximum atomic E-state index is 12.1. The summed E-state index contributed by atoms with van der Waals surface area (Å²) >= 11 is 1.42. The number of thioether (sulfide) groups is 1. The molecule has 200 valence electrons. The molecule has 0 radical (unpaired) electrons. The second-order valence-electron chi connectivity index (χ2n) is 9.75. The van der Waals surface area contributed by atoms with Crippen LogP contribution >= 0.6 is 11.8 Å². The van der Waals surface area contributed by atoms with E-state index in [9.17, 15) is 4.79 Å². The Morgan fingerprint density at radius 3 is 2.63 bits per heavy atom. The minimum absolute atomic E-state index is 0.121. The van der Waals surface area contributed by atoms with E-state index in [1.54, 1.807) is 0 Å². The van der Waals surface area contributed by atoms with Crippen molar-refractivity contribution in [3.05, 3.63) is 30.3 Å². The number of para-hydroxylation sites is 1. The van der Waals surface area contributed by atoms with Crippen molar-refractivity contribution < 1.29 is 19.0 Å². The van der Waals surface area contributed by atoms with Gasteiger partial charge in [0, 0.05) is 12.4 Å². The standard InChI is InChI=1S/C28H49NO4SSi/c1-3-4-5-6-7-8-12-20-31-25-33-27-17-13-22-35(29(2)19-18-27)23-14-21-34-28(30)24-32-26-15-10-9-11-16-26/h9-11,15-16,27,35H,3-8,12-14,17-25H2,1-2H3.